The third-order valence-corrected chi connectivity index (χ3v) is 7.30. The Labute approximate surface area is 209 Å². The van der Waals surface area contributed by atoms with Crippen LogP contribution in [0.15, 0.2) is 119 Å². The van der Waals surface area contributed by atoms with Gasteiger partial charge >= 0.3 is 0 Å². The number of thioether (sulfide) groups is 1. The summed E-state index contributed by atoms with van der Waals surface area (Å²) in [6, 6.07) is 31.7. The Morgan fingerprint density at radius 3 is 2.03 bits per heavy atom. The molecule has 0 spiro atoms. The van der Waals surface area contributed by atoms with Crippen molar-refractivity contribution in [1.82, 2.24) is 0 Å². The molecule has 0 unspecified atom stereocenters. The molecule has 0 aromatic heterocycles. The van der Waals surface area contributed by atoms with Crippen molar-refractivity contribution in [3.8, 4) is 5.75 Å². The first-order valence-corrected chi connectivity index (χ1v) is 13.4. The minimum atomic E-state index is -3.72. The number of ether oxygens (including phenoxy) is 1. The Morgan fingerprint density at radius 2 is 1.37 bits per heavy atom. The maximum absolute atomic E-state index is 12.6. The molecule has 4 aromatic carbocycles. The number of anilines is 2. The van der Waals surface area contributed by atoms with Crippen molar-refractivity contribution >= 4 is 39.1 Å². The summed E-state index contributed by atoms with van der Waals surface area (Å²) in [6.07, 6.45) is 0. The number of carbonyl (C=O) groups is 1. The monoisotopic (exact) mass is 504 g/mol. The summed E-state index contributed by atoms with van der Waals surface area (Å²) in [7, 11) is -3.72. The zero-order chi connectivity index (χ0) is 24.5. The van der Waals surface area contributed by atoms with Gasteiger partial charge in [-0.25, -0.2) is 8.42 Å². The number of benzene rings is 4. The molecular formula is C27H24N2O4S2. The van der Waals surface area contributed by atoms with Gasteiger partial charge in [0.1, 0.15) is 5.75 Å². The first-order valence-electron chi connectivity index (χ1n) is 10.9. The average Bonchev–Trinajstić information content (AvgIpc) is 2.88. The normalized spacial score (nSPS) is 11.0. The van der Waals surface area contributed by atoms with E-state index in [1.165, 1.54) is 17.0 Å². The Hall–Kier alpha value is -3.75. The molecule has 0 fully saturated rings. The van der Waals surface area contributed by atoms with Crippen LogP contribution in [0.1, 0.15) is 10.4 Å². The smallest absolute Gasteiger partial charge is 0.261 e. The van der Waals surface area contributed by atoms with E-state index in [0.29, 0.717) is 29.3 Å². The second-order valence-corrected chi connectivity index (χ2v) is 10.3. The minimum absolute atomic E-state index is 0.103. The minimum Gasteiger partial charge on any atom is -0.493 e. The van der Waals surface area contributed by atoms with E-state index in [9.17, 15) is 13.2 Å². The topological polar surface area (TPSA) is 84.5 Å². The van der Waals surface area contributed by atoms with Crippen LogP contribution >= 0.6 is 11.8 Å². The van der Waals surface area contributed by atoms with Crippen LogP contribution in [0.25, 0.3) is 0 Å². The van der Waals surface area contributed by atoms with E-state index in [0.717, 1.165) is 5.75 Å². The van der Waals surface area contributed by atoms with Crippen LogP contribution in [-0.4, -0.2) is 26.7 Å². The van der Waals surface area contributed by atoms with Gasteiger partial charge < -0.3 is 10.1 Å². The molecule has 0 bridgehead atoms. The number of carbonyl (C=O) groups excluding carboxylic acids is 1. The Morgan fingerprint density at radius 1 is 0.743 bits per heavy atom. The number of hydrogen-bond acceptors (Lipinski definition) is 5. The van der Waals surface area contributed by atoms with Crippen LogP contribution in [-0.2, 0) is 10.0 Å². The van der Waals surface area contributed by atoms with Crippen LogP contribution in [0, 0.1) is 0 Å². The molecule has 0 radical (unpaired) electrons. The Bertz CT molecular complexity index is 1340. The maximum atomic E-state index is 12.6. The van der Waals surface area contributed by atoms with Gasteiger partial charge in [-0.1, -0.05) is 36.4 Å². The van der Waals surface area contributed by atoms with Gasteiger partial charge in [0.25, 0.3) is 15.9 Å². The Balaban J connectivity index is 1.28. The highest BCUT2D eigenvalue weighted by Crippen LogP contribution is 2.20. The zero-order valence-electron chi connectivity index (χ0n) is 18.8. The first-order chi connectivity index (χ1) is 17.0. The van der Waals surface area contributed by atoms with Crippen molar-refractivity contribution in [2.24, 2.45) is 0 Å². The van der Waals surface area contributed by atoms with Crippen molar-refractivity contribution in [1.29, 1.82) is 0 Å². The standard InChI is InChI=1S/C27H24N2O4S2/c30-27(21-11-15-24(16-12-21)33-19-20-34-25-9-5-2-6-10-25)28-22-13-17-26(18-14-22)35(31,32)29-23-7-3-1-4-8-23/h1-18,29H,19-20H2,(H,28,30). The number of sulfonamides is 1. The molecule has 4 aromatic rings. The summed E-state index contributed by atoms with van der Waals surface area (Å²) in [5, 5.41) is 2.78. The lowest BCUT2D eigenvalue weighted by atomic mass is 10.2. The third kappa shape index (κ3) is 7.11. The fourth-order valence-electron chi connectivity index (χ4n) is 3.18. The van der Waals surface area contributed by atoms with Crippen molar-refractivity contribution in [3.05, 3.63) is 115 Å². The lowest BCUT2D eigenvalue weighted by Gasteiger charge is -2.10. The molecule has 8 heteroatoms. The van der Waals surface area contributed by atoms with Gasteiger partial charge in [-0.15, -0.1) is 11.8 Å². The largest absolute Gasteiger partial charge is 0.493 e. The molecule has 0 aliphatic carbocycles. The Kier molecular flexibility index (Phi) is 8.07. The predicted octanol–water partition coefficient (Wildman–Crippen LogP) is 5.91. The van der Waals surface area contributed by atoms with E-state index in [1.807, 2.05) is 24.3 Å². The van der Waals surface area contributed by atoms with E-state index in [-0.39, 0.29) is 10.8 Å². The molecule has 0 saturated heterocycles. The van der Waals surface area contributed by atoms with E-state index >= 15 is 0 Å². The highest BCUT2D eigenvalue weighted by molar-refractivity contribution is 7.99. The zero-order valence-corrected chi connectivity index (χ0v) is 20.4. The average molecular weight is 505 g/mol. The number of nitrogens with one attached hydrogen (secondary N) is 2. The van der Waals surface area contributed by atoms with Crippen LogP contribution in [0.3, 0.4) is 0 Å². The van der Waals surface area contributed by atoms with E-state index in [2.05, 4.69) is 22.2 Å². The van der Waals surface area contributed by atoms with Gasteiger partial charge in [0.05, 0.1) is 11.5 Å². The summed E-state index contributed by atoms with van der Waals surface area (Å²) in [4.78, 5) is 13.9. The molecule has 0 aliphatic rings. The third-order valence-electron chi connectivity index (χ3n) is 4.93. The highest BCUT2D eigenvalue weighted by atomic mass is 32.2. The quantitative estimate of drug-likeness (QED) is 0.207. The van der Waals surface area contributed by atoms with Gasteiger partial charge in [-0.05, 0) is 72.8 Å². The summed E-state index contributed by atoms with van der Waals surface area (Å²) in [6.45, 7) is 0.555. The van der Waals surface area contributed by atoms with Gasteiger partial charge in [-0.3, -0.25) is 9.52 Å². The van der Waals surface area contributed by atoms with Crippen LogP contribution in [0.5, 0.6) is 5.75 Å². The highest BCUT2D eigenvalue weighted by Gasteiger charge is 2.14. The summed E-state index contributed by atoms with van der Waals surface area (Å²) in [5.74, 6) is 1.21. The lowest BCUT2D eigenvalue weighted by molar-refractivity contribution is 0.102. The molecule has 6 nitrogen and oxygen atoms in total. The predicted molar refractivity (Wildman–Crippen MR) is 141 cm³/mol. The van der Waals surface area contributed by atoms with Gasteiger partial charge in [0.15, 0.2) is 0 Å². The second kappa shape index (κ2) is 11.6. The molecule has 0 heterocycles. The lowest BCUT2D eigenvalue weighted by Crippen LogP contribution is -2.14. The summed E-state index contributed by atoms with van der Waals surface area (Å²) in [5.41, 5.74) is 1.44. The summed E-state index contributed by atoms with van der Waals surface area (Å²) < 4.78 is 33.4. The molecule has 0 atom stereocenters. The van der Waals surface area contributed by atoms with Crippen LogP contribution in [0.2, 0.25) is 0 Å². The number of para-hydroxylation sites is 1. The molecule has 0 saturated carbocycles. The fourth-order valence-corrected chi connectivity index (χ4v) is 4.99. The van der Waals surface area contributed by atoms with Crippen molar-refractivity contribution < 1.29 is 17.9 Å². The van der Waals surface area contributed by atoms with E-state index in [4.69, 9.17) is 4.74 Å². The second-order valence-electron chi connectivity index (χ2n) is 7.48. The first kappa shape index (κ1) is 24.4. The van der Waals surface area contributed by atoms with Crippen LogP contribution in [0.4, 0.5) is 11.4 Å². The molecule has 178 valence electrons. The molecule has 2 N–H and O–H groups in total. The molecule has 0 aliphatic heterocycles. The summed E-state index contributed by atoms with van der Waals surface area (Å²) >= 11 is 1.72. The van der Waals surface area contributed by atoms with Gasteiger partial charge in [-0.2, -0.15) is 0 Å². The van der Waals surface area contributed by atoms with Crippen molar-refractivity contribution in [3.63, 3.8) is 0 Å². The maximum Gasteiger partial charge on any atom is 0.261 e. The molecular weight excluding hydrogens is 480 g/mol. The van der Waals surface area contributed by atoms with Crippen molar-refractivity contribution in [2.75, 3.05) is 22.4 Å². The number of rotatable bonds is 10. The number of hydrogen-bond donors (Lipinski definition) is 2. The van der Waals surface area contributed by atoms with Crippen LogP contribution < -0.4 is 14.8 Å². The fraction of sp³-hybridized carbons (Fsp3) is 0.0741. The number of amides is 1. The van der Waals surface area contributed by atoms with Crippen molar-refractivity contribution in [2.45, 2.75) is 9.79 Å². The van der Waals surface area contributed by atoms with Gasteiger partial charge in [0, 0.05) is 27.6 Å². The molecule has 35 heavy (non-hydrogen) atoms. The molecule has 1 amide bonds. The van der Waals surface area contributed by atoms with E-state index < -0.39 is 10.0 Å². The SMILES string of the molecule is O=C(Nc1ccc(S(=O)(=O)Nc2ccccc2)cc1)c1ccc(OCCSc2ccccc2)cc1. The van der Waals surface area contributed by atoms with E-state index in [1.54, 1.807) is 72.4 Å². The van der Waals surface area contributed by atoms with Gasteiger partial charge in [0.2, 0.25) is 0 Å². The molecule has 4 rings (SSSR count).